The van der Waals surface area contributed by atoms with E-state index >= 15 is 0 Å². The van der Waals surface area contributed by atoms with E-state index in [1.54, 1.807) is 0 Å². The lowest BCUT2D eigenvalue weighted by atomic mass is 9.82. The second-order valence-corrected chi connectivity index (χ2v) is 8.70. The number of likely N-dealkylation sites (tertiary alicyclic amines) is 2. The van der Waals surface area contributed by atoms with Crippen molar-refractivity contribution in [2.45, 2.75) is 31.3 Å². The predicted octanol–water partition coefficient (Wildman–Crippen LogP) is 2.42. The maximum Gasteiger partial charge on any atom is 0.254 e. The smallest absolute Gasteiger partial charge is 0.254 e. The summed E-state index contributed by atoms with van der Waals surface area (Å²) in [6.45, 7) is 3.77. The molecule has 0 saturated carbocycles. The van der Waals surface area contributed by atoms with E-state index in [1.165, 1.54) is 0 Å². The van der Waals surface area contributed by atoms with Crippen LogP contribution in [0.15, 0.2) is 30.5 Å². The zero-order valence-corrected chi connectivity index (χ0v) is 16.4. The van der Waals surface area contributed by atoms with E-state index in [1.807, 2.05) is 47.3 Å². The van der Waals surface area contributed by atoms with Gasteiger partial charge in [-0.05, 0) is 43.5 Å². The second-order valence-electron chi connectivity index (χ2n) is 8.70. The molecule has 2 amide bonds. The molecule has 1 aromatic carbocycles. The van der Waals surface area contributed by atoms with Crippen LogP contribution in [0.2, 0.25) is 0 Å². The van der Waals surface area contributed by atoms with Crippen molar-refractivity contribution in [3.63, 3.8) is 0 Å². The molecule has 0 aliphatic carbocycles. The standard InChI is InChI=1S/C22H27N3O3/c1-23-10-7-17-11-18(4-5-19(17)23)21(27)25-14-22(15-25)8-6-16(13-28-22)12-24-9-2-3-20(24)26/h4-5,7,10-11,16H,2-3,6,8-9,12-15H2,1H3/t16-/m0/s1. The van der Waals surface area contributed by atoms with E-state index in [2.05, 4.69) is 4.57 Å². The van der Waals surface area contributed by atoms with Crippen LogP contribution in [-0.2, 0) is 16.6 Å². The van der Waals surface area contributed by atoms with Gasteiger partial charge in [0.2, 0.25) is 5.91 Å². The highest BCUT2D eigenvalue weighted by Crippen LogP contribution is 2.37. The SMILES string of the molecule is Cn1ccc2cc(C(=O)N3CC4(CC[C@@H](CN5CCCC5=O)CO4)C3)ccc21. The van der Waals surface area contributed by atoms with Crippen LogP contribution in [0.25, 0.3) is 10.9 Å². The van der Waals surface area contributed by atoms with E-state index in [-0.39, 0.29) is 17.4 Å². The highest BCUT2D eigenvalue weighted by Gasteiger charge is 2.48. The third-order valence-electron chi connectivity index (χ3n) is 6.66. The first-order valence-corrected chi connectivity index (χ1v) is 10.3. The molecule has 0 N–H and O–H groups in total. The molecule has 4 heterocycles. The summed E-state index contributed by atoms with van der Waals surface area (Å²) >= 11 is 0. The Bertz CT molecular complexity index is 918. The van der Waals surface area contributed by atoms with Gasteiger partial charge in [-0.15, -0.1) is 0 Å². The van der Waals surface area contributed by atoms with Crippen molar-refractivity contribution in [3.8, 4) is 0 Å². The molecule has 0 unspecified atom stereocenters. The minimum atomic E-state index is -0.169. The molecular formula is C22H27N3O3. The second kappa shape index (κ2) is 6.62. The van der Waals surface area contributed by atoms with Crippen molar-refractivity contribution in [1.82, 2.24) is 14.4 Å². The van der Waals surface area contributed by atoms with Gasteiger partial charge in [0.05, 0.1) is 19.7 Å². The molecule has 3 saturated heterocycles. The summed E-state index contributed by atoms with van der Waals surface area (Å²) < 4.78 is 8.27. The summed E-state index contributed by atoms with van der Waals surface area (Å²) in [5.74, 6) is 0.804. The molecule has 3 aliphatic rings. The fourth-order valence-corrected chi connectivity index (χ4v) is 4.91. The van der Waals surface area contributed by atoms with E-state index in [4.69, 9.17) is 4.74 Å². The van der Waals surface area contributed by atoms with Gasteiger partial charge in [-0.25, -0.2) is 0 Å². The molecule has 1 aromatic heterocycles. The fourth-order valence-electron chi connectivity index (χ4n) is 4.91. The molecule has 5 rings (SSSR count). The Morgan fingerprint density at radius 2 is 2.14 bits per heavy atom. The number of benzene rings is 1. The van der Waals surface area contributed by atoms with Gasteiger partial charge in [-0.1, -0.05) is 0 Å². The number of rotatable bonds is 3. The summed E-state index contributed by atoms with van der Waals surface area (Å²) in [6.07, 6.45) is 5.74. The first-order valence-electron chi connectivity index (χ1n) is 10.3. The Balaban J connectivity index is 1.16. The molecule has 148 valence electrons. The molecule has 3 fully saturated rings. The van der Waals surface area contributed by atoms with Crippen molar-refractivity contribution in [2.75, 3.05) is 32.8 Å². The van der Waals surface area contributed by atoms with Crippen LogP contribution in [0.1, 0.15) is 36.0 Å². The van der Waals surface area contributed by atoms with E-state index in [9.17, 15) is 9.59 Å². The molecule has 0 radical (unpaired) electrons. The van der Waals surface area contributed by atoms with Crippen molar-refractivity contribution in [3.05, 3.63) is 36.0 Å². The van der Waals surface area contributed by atoms with Gasteiger partial charge in [0.1, 0.15) is 5.60 Å². The third kappa shape index (κ3) is 3.00. The maximum atomic E-state index is 12.9. The van der Waals surface area contributed by atoms with Crippen LogP contribution in [0.5, 0.6) is 0 Å². The molecule has 6 heteroatoms. The Labute approximate surface area is 165 Å². The normalized spacial score (nSPS) is 24.2. The number of nitrogens with zero attached hydrogens (tertiary/aromatic N) is 3. The Hall–Kier alpha value is -2.34. The molecule has 6 nitrogen and oxygen atoms in total. The summed E-state index contributed by atoms with van der Waals surface area (Å²) in [4.78, 5) is 28.6. The van der Waals surface area contributed by atoms with Crippen LogP contribution in [0.4, 0.5) is 0 Å². The number of fused-ring (bicyclic) bond motifs is 1. The lowest BCUT2D eigenvalue weighted by Gasteiger charge is -2.53. The zero-order valence-electron chi connectivity index (χ0n) is 16.4. The van der Waals surface area contributed by atoms with Crippen LogP contribution >= 0.6 is 0 Å². The average molecular weight is 381 g/mol. The number of amides is 2. The maximum absolute atomic E-state index is 12.9. The fraction of sp³-hybridized carbons (Fsp3) is 0.545. The largest absolute Gasteiger partial charge is 0.371 e. The van der Waals surface area contributed by atoms with Gasteiger partial charge < -0.3 is 19.1 Å². The van der Waals surface area contributed by atoms with Gasteiger partial charge in [0.25, 0.3) is 5.91 Å². The van der Waals surface area contributed by atoms with Gasteiger partial charge in [0.15, 0.2) is 0 Å². The molecule has 2 aromatic rings. The summed E-state index contributed by atoms with van der Waals surface area (Å²) in [5.41, 5.74) is 1.71. The minimum absolute atomic E-state index is 0.0877. The topological polar surface area (TPSA) is 54.8 Å². The van der Waals surface area contributed by atoms with Gasteiger partial charge in [0, 0.05) is 55.1 Å². The number of hydrogen-bond donors (Lipinski definition) is 0. The zero-order chi connectivity index (χ0) is 19.3. The lowest BCUT2D eigenvalue weighted by molar-refractivity contribution is -0.169. The molecule has 1 atom stereocenters. The van der Waals surface area contributed by atoms with Crippen LogP contribution in [-0.4, -0.2) is 64.6 Å². The van der Waals surface area contributed by atoms with E-state index < -0.39 is 0 Å². The Morgan fingerprint density at radius 1 is 1.29 bits per heavy atom. The highest BCUT2D eigenvalue weighted by molar-refractivity contribution is 5.98. The number of hydrogen-bond acceptors (Lipinski definition) is 3. The summed E-state index contributed by atoms with van der Waals surface area (Å²) in [6, 6.07) is 7.95. The number of carbonyl (C=O) groups excluding carboxylic acids is 2. The quantitative estimate of drug-likeness (QED) is 0.821. The highest BCUT2D eigenvalue weighted by atomic mass is 16.5. The molecular weight excluding hydrogens is 354 g/mol. The number of aryl methyl sites for hydroxylation is 1. The molecule has 28 heavy (non-hydrogen) atoms. The van der Waals surface area contributed by atoms with Crippen LogP contribution in [0, 0.1) is 5.92 Å². The number of carbonyl (C=O) groups is 2. The predicted molar refractivity (Wildman–Crippen MR) is 106 cm³/mol. The molecule has 3 aliphatic heterocycles. The summed E-state index contributed by atoms with van der Waals surface area (Å²) in [7, 11) is 2.01. The number of aromatic nitrogens is 1. The average Bonchev–Trinajstić information content (AvgIpc) is 3.25. The van der Waals surface area contributed by atoms with Gasteiger partial charge in [-0.2, -0.15) is 0 Å². The summed E-state index contributed by atoms with van der Waals surface area (Å²) in [5, 5.41) is 1.09. The third-order valence-corrected chi connectivity index (χ3v) is 6.66. The van der Waals surface area contributed by atoms with Crippen molar-refractivity contribution >= 4 is 22.7 Å². The van der Waals surface area contributed by atoms with Crippen molar-refractivity contribution in [1.29, 1.82) is 0 Å². The monoisotopic (exact) mass is 381 g/mol. The van der Waals surface area contributed by atoms with Gasteiger partial charge >= 0.3 is 0 Å². The van der Waals surface area contributed by atoms with E-state index in [0.717, 1.165) is 48.8 Å². The Kier molecular flexibility index (Phi) is 4.19. The van der Waals surface area contributed by atoms with Gasteiger partial charge in [-0.3, -0.25) is 9.59 Å². The van der Waals surface area contributed by atoms with Crippen LogP contribution in [0.3, 0.4) is 0 Å². The minimum Gasteiger partial charge on any atom is -0.371 e. The van der Waals surface area contributed by atoms with Crippen LogP contribution < -0.4 is 0 Å². The lowest BCUT2D eigenvalue weighted by Crippen LogP contribution is -2.66. The molecule has 1 spiro atoms. The first-order chi connectivity index (χ1) is 13.5. The van der Waals surface area contributed by atoms with E-state index in [0.29, 0.717) is 32.0 Å². The van der Waals surface area contributed by atoms with Crippen molar-refractivity contribution < 1.29 is 14.3 Å². The number of ether oxygens (including phenoxy) is 1. The van der Waals surface area contributed by atoms with Crippen molar-refractivity contribution in [2.24, 2.45) is 13.0 Å². The Morgan fingerprint density at radius 3 is 2.86 bits per heavy atom. The first kappa shape index (κ1) is 17.7. The molecule has 0 bridgehead atoms.